The highest BCUT2D eigenvalue weighted by Crippen LogP contribution is 2.29. The number of aliphatic hydroxyl groups excluding tert-OH is 1. The van der Waals surface area contributed by atoms with Gasteiger partial charge in [-0.15, -0.1) is 0 Å². The number of aromatic hydroxyl groups is 3. The third kappa shape index (κ3) is 5.18. The molecule has 124 valence electrons. The lowest BCUT2D eigenvalue weighted by atomic mass is 9.90. The molecule has 2 rings (SSSR count). The van der Waals surface area contributed by atoms with Gasteiger partial charge in [0.15, 0.2) is 0 Å². The number of aliphatic hydroxyl groups is 1. The summed E-state index contributed by atoms with van der Waals surface area (Å²) in [6.07, 6.45) is 2.60. The van der Waals surface area contributed by atoms with Gasteiger partial charge < -0.3 is 20.4 Å². The zero-order valence-electron chi connectivity index (χ0n) is 13.3. The van der Waals surface area contributed by atoms with E-state index in [1.54, 1.807) is 12.1 Å². The molecule has 0 saturated carbocycles. The van der Waals surface area contributed by atoms with Crippen molar-refractivity contribution in [2.75, 3.05) is 0 Å². The van der Waals surface area contributed by atoms with Crippen LogP contribution in [0, 0.1) is 5.92 Å². The molecule has 0 aliphatic carbocycles. The molecule has 0 unspecified atom stereocenters. The van der Waals surface area contributed by atoms with Crippen molar-refractivity contribution in [3.63, 3.8) is 0 Å². The van der Waals surface area contributed by atoms with Crippen molar-refractivity contribution < 1.29 is 20.4 Å². The van der Waals surface area contributed by atoms with E-state index in [2.05, 4.69) is 6.92 Å². The van der Waals surface area contributed by atoms with Gasteiger partial charge >= 0.3 is 0 Å². The molecule has 0 spiro atoms. The summed E-state index contributed by atoms with van der Waals surface area (Å²) in [5.74, 6) is 0.603. The van der Waals surface area contributed by atoms with Crippen LogP contribution in [0.25, 0.3) is 0 Å². The molecular weight excluding hydrogens is 292 g/mol. The van der Waals surface area contributed by atoms with Crippen molar-refractivity contribution >= 4 is 0 Å². The van der Waals surface area contributed by atoms with Gasteiger partial charge in [-0.2, -0.15) is 0 Å². The van der Waals surface area contributed by atoms with Gasteiger partial charge in [0.2, 0.25) is 0 Å². The first kappa shape index (κ1) is 17.2. The fourth-order valence-electron chi connectivity index (χ4n) is 2.79. The minimum absolute atomic E-state index is 0.0461. The predicted octanol–water partition coefficient (Wildman–Crippen LogP) is 3.89. The first-order valence-corrected chi connectivity index (χ1v) is 7.96. The molecule has 2 aromatic rings. The summed E-state index contributed by atoms with van der Waals surface area (Å²) in [4.78, 5) is 0. The van der Waals surface area contributed by atoms with Crippen LogP contribution in [-0.2, 0) is 6.42 Å². The van der Waals surface area contributed by atoms with Crippen molar-refractivity contribution in [1.29, 1.82) is 0 Å². The quantitative estimate of drug-likeness (QED) is 0.625. The average molecular weight is 316 g/mol. The van der Waals surface area contributed by atoms with Crippen molar-refractivity contribution in [3.8, 4) is 17.2 Å². The highest BCUT2D eigenvalue weighted by Gasteiger charge is 2.14. The fraction of sp³-hybridized carbons (Fsp3) is 0.368. The van der Waals surface area contributed by atoms with Crippen LogP contribution >= 0.6 is 0 Å². The number of phenols is 3. The summed E-state index contributed by atoms with van der Waals surface area (Å²) in [7, 11) is 0. The van der Waals surface area contributed by atoms with Gasteiger partial charge in [-0.1, -0.05) is 25.5 Å². The smallest absolute Gasteiger partial charge is 0.119 e. The molecule has 4 N–H and O–H groups in total. The van der Waals surface area contributed by atoms with Crippen molar-refractivity contribution in [2.24, 2.45) is 5.92 Å². The van der Waals surface area contributed by atoms with E-state index in [1.165, 1.54) is 23.8 Å². The lowest BCUT2D eigenvalue weighted by Gasteiger charge is -2.18. The van der Waals surface area contributed by atoms with Crippen LogP contribution in [0.2, 0.25) is 0 Å². The molecule has 0 aliphatic rings. The standard InChI is InChI=1S/C19H24O4/c1-2-13(9-14-3-6-16(20)7-4-14)5-8-19(23)15-10-17(21)12-18(22)11-15/h3-4,6-7,10-13,19-23H,2,5,8-9H2,1H3/t13-,19-/m0/s1. The predicted molar refractivity (Wildman–Crippen MR) is 89.6 cm³/mol. The zero-order chi connectivity index (χ0) is 16.8. The number of hydrogen-bond donors (Lipinski definition) is 4. The fourth-order valence-corrected chi connectivity index (χ4v) is 2.79. The Morgan fingerprint density at radius 2 is 1.43 bits per heavy atom. The van der Waals surface area contributed by atoms with Crippen LogP contribution in [0.3, 0.4) is 0 Å². The molecule has 0 heterocycles. The lowest BCUT2D eigenvalue weighted by Crippen LogP contribution is -2.07. The molecule has 2 atom stereocenters. The molecule has 0 radical (unpaired) electrons. The molecule has 0 bridgehead atoms. The summed E-state index contributed by atoms with van der Waals surface area (Å²) in [5, 5.41) is 38.6. The van der Waals surface area contributed by atoms with E-state index < -0.39 is 6.10 Å². The summed E-state index contributed by atoms with van der Waals surface area (Å²) in [6.45, 7) is 2.12. The average Bonchev–Trinajstić information content (AvgIpc) is 2.52. The second-order valence-electron chi connectivity index (χ2n) is 6.02. The van der Waals surface area contributed by atoms with Gasteiger partial charge in [0.1, 0.15) is 17.2 Å². The first-order valence-electron chi connectivity index (χ1n) is 7.96. The van der Waals surface area contributed by atoms with Crippen LogP contribution in [0.4, 0.5) is 0 Å². The topological polar surface area (TPSA) is 80.9 Å². The molecule has 0 saturated heterocycles. The Bertz CT molecular complexity index is 602. The molecule has 2 aromatic carbocycles. The maximum absolute atomic E-state index is 10.3. The Balaban J connectivity index is 1.92. The van der Waals surface area contributed by atoms with Crippen LogP contribution in [-0.4, -0.2) is 20.4 Å². The number of hydrogen-bond acceptors (Lipinski definition) is 4. The molecule has 0 aliphatic heterocycles. The third-order valence-corrected chi connectivity index (χ3v) is 4.20. The minimum atomic E-state index is -0.707. The van der Waals surface area contributed by atoms with E-state index in [0.29, 0.717) is 17.9 Å². The molecule has 0 fully saturated rings. The van der Waals surface area contributed by atoms with E-state index in [4.69, 9.17) is 0 Å². The highest BCUT2D eigenvalue weighted by molar-refractivity contribution is 5.37. The zero-order valence-corrected chi connectivity index (χ0v) is 13.3. The van der Waals surface area contributed by atoms with Crippen LogP contribution in [0.5, 0.6) is 17.2 Å². The third-order valence-electron chi connectivity index (χ3n) is 4.20. The highest BCUT2D eigenvalue weighted by atomic mass is 16.3. The Labute approximate surface area is 136 Å². The molecule has 23 heavy (non-hydrogen) atoms. The summed E-state index contributed by atoms with van der Waals surface area (Å²) >= 11 is 0. The van der Waals surface area contributed by atoms with Gasteiger partial charge in [0.05, 0.1) is 6.10 Å². The summed E-state index contributed by atoms with van der Waals surface area (Å²) < 4.78 is 0. The Morgan fingerprint density at radius 1 is 0.826 bits per heavy atom. The van der Waals surface area contributed by atoms with Crippen molar-refractivity contribution in [3.05, 3.63) is 53.6 Å². The van der Waals surface area contributed by atoms with E-state index in [-0.39, 0.29) is 17.2 Å². The monoisotopic (exact) mass is 316 g/mol. The van der Waals surface area contributed by atoms with Crippen LogP contribution in [0.15, 0.2) is 42.5 Å². The van der Waals surface area contributed by atoms with Crippen LogP contribution in [0.1, 0.15) is 43.4 Å². The van der Waals surface area contributed by atoms with E-state index in [0.717, 1.165) is 19.3 Å². The Kier molecular flexibility index (Phi) is 5.88. The maximum Gasteiger partial charge on any atom is 0.119 e. The lowest BCUT2D eigenvalue weighted by molar-refractivity contribution is 0.155. The van der Waals surface area contributed by atoms with Gasteiger partial charge in [-0.3, -0.25) is 0 Å². The molecule has 0 amide bonds. The summed E-state index contributed by atoms with van der Waals surface area (Å²) in [6, 6.07) is 11.4. The number of phenolic OH excluding ortho intramolecular Hbond substituents is 3. The molecule has 4 heteroatoms. The SMILES string of the molecule is CC[C@@H](CC[C@H](O)c1cc(O)cc(O)c1)Cc1ccc(O)cc1. The second kappa shape index (κ2) is 7.88. The van der Waals surface area contributed by atoms with Gasteiger partial charge in [0, 0.05) is 6.07 Å². The first-order chi connectivity index (χ1) is 11.0. The summed E-state index contributed by atoms with van der Waals surface area (Å²) in [5.41, 5.74) is 1.70. The Morgan fingerprint density at radius 3 is 2.00 bits per heavy atom. The Hall–Kier alpha value is -2.20. The maximum atomic E-state index is 10.3. The van der Waals surface area contributed by atoms with E-state index >= 15 is 0 Å². The normalized spacial score (nSPS) is 13.7. The largest absolute Gasteiger partial charge is 0.508 e. The molecule has 0 aromatic heterocycles. The molecule has 4 nitrogen and oxygen atoms in total. The van der Waals surface area contributed by atoms with Crippen molar-refractivity contribution in [2.45, 2.75) is 38.7 Å². The molecular formula is C19H24O4. The van der Waals surface area contributed by atoms with E-state index in [9.17, 15) is 20.4 Å². The van der Waals surface area contributed by atoms with Crippen molar-refractivity contribution in [1.82, 2.24) is 0 Å². The van der Waals surface area contributed by atoms with Gasteiger partial charge in [-0.25, -0.2) is 0 Å². The van der Waals surface area contributed by atoms with Gasteiger partial charge in [-0.05, 0) is 60.6 Å². The number of rotatable bonds is 7. The number of benzene rings is 2. The minimum Gasteiger partial charge on any atom is -0.508 e. The van der Waals surface area contributed by atoms with Gasteiger partial charge in [0.25, 0.3) is 0 Å². The van der Waals surface area contributed by atoms with E-state index in [1.807, 2.05) is 12.1 Å². The van der Waals surface area contributed by atoms with Crippen LogP contribution < -0.4 is 0 Å². The second-order valence-corrected chi connectivity index (χ2v) is 6.02.